The van der Waals surface area contributed by atoms with E-state index in [-0.39, 0.29) is 6.61 Å². The smallest absolute Gasteiger partial charge is 0.168 e. The maximum atomic E-state index is 9.20. The van der Waals surface area contributed by atoms with Crippen LogP contribution in [0, 0.1) is 0 Å². The monoisotopic (exact) mass is 345 g/mol. The molecule has 0 saturated heterocycles. The van der Waals surface area contributed by atoms with Crippen molar-refractivity contribution in [1.29, 1.82) is 0 Å². The fourth-order valence-electron chi connectivity index (χ4n) is 2.23. The first-order valence-corrected chi connectivity index (χ1v) is 9.35. The van der Waals surface area contributed by atoms with Crippen LogP contribution in [0.3, 0.4) is 0 Å². The van der Waals surface area contributed by atoms with E-state index in [9.17, 15) is 5.11 Å². The average Bonchev–Trinajstić information content (AvgIpc) is 3.20. The van der Waals surface area contributed by atoms with Crippen molar-refractivity contribution in [3.8, 4) is 10.6 Å². The van der Waals surface area contributed by atoms with Gasteiger partial charge in [-0.2, -0.15) is 0 Å². The van der Waals surface area contributed by atoms with Gasteiger partial charge in [0.2, 0.25) is 0 Å². The molecule has 0 fully saturated rings. The lowest BCUT2D eigenvalue weighted by Gasteiger charge is -2.02. The molecule has 1 aromatic carbocycles. The second-order valence-electron chi connectivity index (χ2n) is 5.23. The van der Waals surface area contributed by atoms with Crippen molar-refractivity contribution >= 4 is 23.1 Å². The predicted octanol–water partition coefficient (Wildman–Crippen LogP) is 3.89. The summed E-state index contributed by atoms with van der Waals surface area (Å²) >= 11 is 3.31. The first-order chi connectivity index (χ1) is 11.2. The Balaban J connectivity index is 1.68. The van der Waals surface area contributed by atoms with Gasteiger partial charge in [0.05, 0.1) is 24.2 Å². The summed E-state index contributed by atoms with van der Waals surface area (Å²) in [6, 6.07) is 8.60. The standard InChI is InChI=1S/C17H19N3OS2/c1-3-12-4-6-13(7-5-12)16-19-14(10-22-16)11-23-17-18-8-15(9-21)20(17)2/h4-8,10,21H,3,9,11H2,1-2H3. The first-order valence-electron chi connectivity index (χ1n) is 7.49. The molecule has 6 heteroatoms. The Labute approximate surface area is 144 Å². The van der Waals surface area contributed by atoms with E-state index in [1.165, 1.54) is 11.1 Å². The fraction of sp³-hybridized carbons (Fsp3) is 0.294. The first kappa shape index (κ1) is 16.2. The molecule has 0 spiro atoms. The van der Waals surface area contributed by atoms with Gasteiger partial charge in [0.25, 0.3) is 0 Å². The average molecular weight is 345 g/mol. The lowest BCUT2D eigenvalue weighted by Crippen LogP contribution is -1.97. The second kappa shape index (κ2) is 7.29. The Hall–Kier alpha value is -1.63. The SMILES string of the molecule is CCc1ccc(-c2nc(CSc3ncc(CO)n3C)cs2)cc1. The van der Waals surface area contributed by atoms with Gasteiger partial charge in [-0.25, -0.2) is 9.97 Å². The normalized spacial score (nSPS) is 11.1. The molecule has 0 radical (unpaired) electrons. The number of aliphatic hydroxyl groups is 1. The van der Waals surface area contributed by atoms with Crippen LogP contribution in [0.2, 0.25) is 0 Å². The molecule has 3 aromatic rings. The largest absolute Gasteiger partial charge is 0.390 e. The van der Waals surface area contributed by atoms with Crippen molar-refractivity contribution in [2.24, 2.45) is 7.05 Å². The Morgan fingerprint density at radius 1 is 1.26 bits per heavy atom. The molecule has 23 heavy (non-hydrogen) atoms. The number of thioether (sulfide) groups is 1. The van der Waals surface area contributed by atoms with Gasteiger partial charge in [0.1, 0.15) is 5.01 Å². The summed E-state index contributed by atoms with van der Waals surface area (Å²) in [5.74, 6) is 0.777. The number of imidazole rings is 1. The molecule has 1 N–H and O–H groups in total. The highest BCUT2D eigenvalue weighted by Crippen LogP contribution is 2.28. The van der Waals surface area contributed by atoms with Crippen LogP contribution >= 0.6 is 23.1 Å². The molecule has 0 amide bonds. The maximum absolute atomic E-state index is 9.20. The number of thiazole rings is 1. The minimum absolute atomic E-state index is 0.0126. The molecule has 4 nitrogen and oxygen atoms in total. The van der Waals surface area contributed by atoms with Crippen molar-refractivity contribution in [1.82, 2.24) is 14.5 Å². The van der Waals surface area contributed by atoms with E-state index in [1.807, 2.05) is 11.6 Å². The van der Waals surface area contributed by atoms with E-state index in [2.05, 4.69) is 41.6 Å². The highest BCUT2D eigenvalue weighted by Gasteiger charge is 2.09. The van der Waals surface area contributed by atoms with Gasteiger partial charge >= 0.3 is 0 Å². The number of hydrogen-bond donors (Lipinski definition) is 1. The third-order valence-corrected chi connectivity index (χ3v) is 5.73. The third-order valence-electron chi connectivity index (χ3n) is 3.71. The number of rotatable bonds is 6. The molecule has 3 rings (SSSR count). The van der Waals surface area contributed by atoms with Gasteiger partial charge < -0.3 is 9.67 Å². The van der Waals surface area contributed by atoms with E-state index in [0.717, 1.165) is 33.7 Å². The maximum Gasteiger partial charge on any atom is 0.168 e. The number of benzene rings is 1. The van der Waals surface area contributed by atoms with Gasteiger partial charge in [-0.3, -0.25) is 0 Å². The molecule has 0 bridgehead atoms. The quantitative estimate of drug-likeness (QED) is 0.689. The predicted molar refractivity (Wildman–Crippen MR) is 95.6 cm³/mol. The summed E-state index contributed by atoms with van der Waals surface area (Å²) in [4.78, 5) is 9.05. The molecule has 0 atom stereocenters. The van der Waals surface area contributed by atoms with Crippen molar-refractivity contribution in [3.63, 3.8) is 0 Å². The Morgan fingerprint density at radius 2 is 2.04 bits per heavy atom. The minimum Gasteiger partial charge on any atom is -0.390 e. The van der Waals surface area contributed by atoms with Crippen LogP contribution in [0.5, 0.6) is 0 Å². The summed E-state index contributed by atoms with van der Waals surface area (Å²) in [5.41, 5.74) is 4.39. The minimum atomic E-state index is 0.0126. The van der Waals surface area contributed by atoms with Gasteiger partial charge in [-0.1, -0.05) is 43.0 Å². The Kier molecular flexibility index (Phi) is 5.15. The van der Waals surface area contributed by atoms with E-state index in [4.69, 9.17) is 4.98 Å². The van der Waals surface area contributed by atoms with E-state index < -0.39 is 0 Å². The van der Waals surface area contributed by atoms with E-state index in [0.29, 0.717) is 0 Å². The second-order valence-corrected chi connectivity index (χ2v) is 7.03. The van der Waals surface area contributed by atoms with Crippen molar-refractivity contribution in [2.45, 2.75) is 30.9 Å². The molecule has 0 aliphatic heterocycles. The van der Waals surface area contributed by atoms with Crippen LogP contribution in [0.15, 0.2) is 41.0 Å². The molecule has 2 heterocycles. The van der Waals surface area contributed by atoms with Crippen LogP contribution < -0.4 is 0 Å². The molecule has 0 aliphatic rings. The van der Waals surface area contributed by atoms with Crippen molar-refractivity contribution in [2.75, 3.05) is 0 Å². The lowest BCUT2D eigenvalue weighted by molar-refractivity contribution is 0.271. The van der Waals surface area contributed by atoms with Gasteiger partial charge in [0, 0.05) is 23.7 Å². The number of aliphatic hydroxyl groups excluding tert-OH is 1. The molecule has 0 unspecified atom stereocenters. The Bertz CT molecular complexity index is 777. The highest BCUT2D eigenvalue weighted by atomic mass is 32.2. The number of aryl methyl sites for hydroxylation is 1. The highest BCUT2D eigenvalue weighted by molar-refractivity contribution is 7.98. The van der Waals surface area contributed by atoms with Crippen LogP contribution in [-0.4, -0.2) is 19.6 Å². The number of aromatic nitrogens is 3. The van der Waals surface area contributed by atoms with Gasteiger partial charge in [-0.05, 0) is 12.0 Å². The van der Waals surface area contributed by atoms with E-state index in [1.54, 1.807) is 29.3 Å². The topological polar surface area (TPSA) is 50.9 Å². The number of hydrogen-bond acceptors (Lipinski definition) is 5. The van der Waals surface area contributed by atoms with Crippen LogP contribution in [0.4, 0.5) is 0 Å². The van der Waals surface area contributed by atoms with Gasteiger partial charge in [-0.15, -0.1) is 11.3 Å². The third kappa shape index (κ3) is 3.65. The summed E-state index contributed by atoms with van der Waals surface area (Å²) in [6.45, 7) is 2.17. The summed E-state index contributed by atoms with van der Waals surface area (Å²) in [6.07, 6.45) is 2.77. The van der Waals surface area contributed by atoms with E-state index >= 15 is 0 Å². The molecular weight excluding hydrogens is 326 g/mol. The summed E-state index contributed by atoms with van der Waals surface area (Å²) < 4.78 is 1.92. The molecule has 0 saturated carbocycles. The zero-order valence-electron chi connectivity index (χ0n) is 13.2. The lowest BCUT2D eigenvalue weighted by atomic mass is 10.1. The molecular formula is C17H19N3OS2. The molecule has 2 aromatic heterocycles. The molecule has 120 valence electrons. The van der Waals surface area contributed by atoms with Crippen molar-refractivity contribution in [3.05, 3.63) is 52.8 Å². The Morgan fingerprint density at radius 3 is 2.70 bits per heavy atom. The zero-order chi connectivity index (χ0) is 16.2. The zero-order valence-corrected chi connectivity index (χ0v) is 14.8. The van der Waals surface area contributed by atoms with Crippen LogP contribution in [-0.2, 0) is 25.8 Å². The van der Waals surface area contributed by atoms with Gasteiger partial charge in [0.15, 0.2) is 5.16 Å². The van der Waals surface area contributed by atoms with Crippen LogP contribution in [0.25, 0.3) is 10.6 Å². The fourth-order valence-corrected chi connectivity index (χ4v) is 4.03. The van der Waals surface area contributed by atoms with Crippen LogP contribution in [0.1, 0.15) is 23.9 Å². The number of nitrogens with zero attached hydrogens (tertiary/aromatic N) is 3. The van der Waals surface area contributed by atoms with Crippen molar-refractivity contribution < 1.29 is 5.11 Å². The summed E-state index contributed by atoms with van der Waals surface area (Å²) in [5, 5.41) is 13.3. The molecule has 0 aliphatic carbocycles. The summed E-state index contributed by atoms with van der Waals surface area (Å²) in [7, 11) is 1.92.